The van der Waals surface area contributed by atoms with Gasteiger partial charge in [-0.25, -0.2) is 13.4 Å². The molecule has 0 aliphatic heterocycles. The number of aromatic nitrogens is 2. The summed E-state index contributed by atoms with van der Waals surface area (Å²) in [5, 5.41) is 0.756. The van der Waals surface area contributed by atoms with Gasteiger partial charge in [0.15, 0.2) is 15.6 Å². The fourth-order valence-electron chi connectivity index (χ4n) is 2.44. The predicted octanol–water partition coefficient (Wildman–Crippen LogP) is 2.99. The predicted molar refractivity (Wildman–Crippen MR) is 99.9 cm³/mol. The maximum Gasteiger partial charge on any atom is 0.261 e. The van der Waals surface area contributed by atoms with Crippen molar-refractivity contribution in [2.75, 3.05) is 6.26 Å². The number of carbonyl (C=O) groups excluding carboxylic acids is 1. The van der Waals surface area contributed by atoms with E-state index >= 15 is 0 Å². The Balaban J connectivity index is 1.95. The smallest absolute Gasteiger partial charge is 0.261 e. The Hall–Kier alpha value is -2.22. The number of halogens is 2. The SMILES string of the molecule is CS(=O)(=O)c1ccc(C(=O)Cn2cnc3c(Cl)cc(Cl)cc3c2=O)cc1. The molecule has 6 nitrogen and oxygen atoms in total. The van der Waals surface area contributed by atoms with Gasteiger partial charge < -0.3 is 0 Å². The molecule has 3 rings (SSSR count). The molecular weight excluding hydrogens is 399 g/mol. The van der Waals surface area contributed by atoms with Gasteiger partial charge in [-0.3, -0.25) is 14.2 Å². The number of sulfone groups is 1. The van der Waals surface area contributed by atoms with Crippen LogP contribution in [-0.4, -0.2) is 30.0 Å². The summed E-state index contributed by atoms with van der Waals surface area (Å²) in [4.78, 5) is 29.2. The van der Waals surface area contributed by atoms with Gasteiger partial charge in [-0.1, -0.05) is 35.3 Å². The fraction of sp³-hybridized carbons (Fsp3) is 0.118. The van der Waals surface area contributed by atoms with Crippen LogP contribution in [0.2, 0.25) is 10.0 Å². The quantitative estimate of drug-likeness (QED) is 0.617. The summed E-state index contributed by atoms with van der Waals surface area (Å²) in [7, 11) is -3.34. The zero-order chi connectivity index (χ0) is 19.1. The first-order valence-electron chi connectivity index (χ1n) is 7.34. The van der Waals surface area contributed by atoms with Crippen molar-refractivity contribution in [1.29, 1.82) is 0 Å². The summed E-state index contributed by atoms with van der Waals surface area (Å²) >= 11 is 12.0. The minimum atomic E-state index is -3.34. The van der Waals surface area contributed by atoms with Crippen molar-refractivity contribution >= 4 is 49.7 Å². The van der Waals surface area contributed by atoms with Crippen molar-refractivity contribution < 1.29 is 13.2 Å². The van der Waals surface area contributed by atoms with Crippen LogP contribution < -0.4 is 5.56 Å². The summed E-state index contributed by atoms with van der Waals surface area (Å²) in [5.41, 5.74) is 0.149. The van der Waals surface area contributed by atoms with Crippen LogP contribution in [0.15, 0.2) is 52.4 Å². The molecule has 0 aliphatic rings. The van der Waals surface area contributed by atoms with Gasteiger partial charge in [-0.2, -0.15) is 0 Å². The monoisotopic (exact) mass is 410 g/mol. The average Bonchev–Trinajstić information content (AvgIpc) is 2.57. The lowest BCUT2D eigenvalue weighted by Crippen LogP contribution is -2.24. The molecule has 0 aliphatic carbocycles. The van der Waals surface area contributed by atoms with Crippen LogP contribution in [0.5, 0.6) is 0 Å². The Morgan fingerprint density at radius 3 is 2.42 bits per heavy atom. The van der Waals surface area contributed by atoms with E-state index in [0.29, 0.717) is 10.5 Å². The highest BCUT2D eigenvalue weighted by Crippen LogP contribution is 2.24. The number of benzene rings is 2. The molecule has 0 saturated heterocycles. The topological polar surface area (TPSA) is 86.1 Å². The van der Waals surface area contributed by atoms with Gasteiger partial charge in [-0.05, 0) is 24.3 Å². The number of nitrogens with zero attached hydrogens (tertiary/aromatic N) is 2. The first kappa shape index (κ1) is 18.6. The molecule has 0 spiro atoms. The van der Waals surface area contributed by atoms with Crippen molar-refractivity contribution in [2.45, 2.75) is 11.4 Å². The highest BCUT2D eigenvalue weighted by atomic mass is 35.5. The van der Waals surface area contributed by atoms with E-state index in [9.17, 15) is 18.0 Å². The molecule has 134 valence electrons. The second-order valence-electron chi connectivity index (χ2n) is 5.68. The Kier molecular flexibility index (Phi) is 4.88. The van der Waals surface area contributed by atoms with Crippen molar-refractivity contribution in [3.05, 3.63) is 68.7 Å². The summed E-state index contributed by atoms with van der Waals surface area (Å²) in [5.74, 6) is -0.360. The Bertz CT molecular complexity index is 1190. The molecule has 0 bridgehead atoms. The molecule has 0 unspecified atom stereocenters. The minimum absolute atomic E-state index is 0.114. The number of rotatable bonds is 4. The first-order valence-corrected chi connectivity index (χ1v) is 9.99. The molecule has 9 heteroatoms. The third kappa shape index (κ3) is 3.65. The molecule has 0 fully saturated rings. The number of fused-ring (bicyclic) bond motifs is 1. The van der Waals surface area contributed by atoms with Crippen molar-refractivity contribution in [1.82, 2.24) is 9.55 Å². The molecular formula is C17H12Cl2N2O4S. The molecule has 0 saturated carbocycles. The number of hydrogen-bond acceptors (Lipinski definition) is 5. The average molecular weight is 411 g/mol. The second-order valence-corrected chi connectivity index (χ2v) is 8.54. The number of Topliss-reactive ketones (excluding diaryl/α,β-unsaturated/α-hetero) is 1. The van der Waals surface area contributed by atoms with Gasteiger partial charge in [0.05, 0.1) is 33.7 Å². The molecule has 0 amide bonds. The van der Waals surface area contributed by atoms with E-state index in [4.69, 9.17) is 23.2 Å². The van der Waals surface area contributed by atoms with Gasteiger partial charge in [0.25, 0.3) is 5.56 Å². The Labute approximate surface area is 158 Å². The van der Waals surface area contributed by atoms with Crippen molar-refractivity contribution in [3.63, 3.8) is 0 Å². The highest BCUT2D eigenvalue weighted by Gasteiger charge is 2.14. The van der Waals surface area contributed by atoms with E-state index < -0.39 is 15.4 Å². The van der Waals surface area contributed by atoms with E-state index in [-0.39, 0.29) is 33.2 Å². The summed E-state index contributed by atoms with van der Waals surface area (Å²) in [6.07, 6.45) is 2.33. The third-order valence-corrected chi connectivity index (χ3v) is 5.40. The van der Waals surface area contributed by atoms with Gasteiger partial charge in [-0.15, -0.1) is 0 Å². The van der Waals surface area contributed by atoms with Crippen LogP contribution in [-0.2, 0) is 16.4 Å². The lowest BCUT2D eigenvalue weighted by molar-refractivity contribution is 0.0970. The molecule has 1 aromatic heterocycles. The Morgan fingerprint density at radius 1 is 1.15 bits per heavy atom. The lowest BCUT2D eigenvalue weighted by Gasteiger charge is -2.08. The van der Waals surface area contributed by atoms with E-state index in [2.05, 4.69) is 4.98 Å². The molecule has 26 heavy (non-hydrogen) atoms. The van der Waals surface area contributed by atoms with E-state index in [1.165, 1.54) is 42.7 Å². The molecule has 0 N–H and O–H groups in total. The summed E-state index contributed by atoms with van der Waals surface area (Å²) in [6, 6.07) is 8.45. The first-order chi connectivity index (χ1) is 12.2. The van der Waals surface area contributed by atoms with Crippen LogP contribution in [0.25, 0.3) is 10.9 Å². The van der Waals surface area contributed by atoms with Gasteiger partial charge in [0.2, 0.25) is 0 Å². The summed E-state index contributed by atoms with van der Waals surface area (Å²) < 4.78 is 24.1. The number of carbonyl (C=O) groups is 1. The van der Waals surface area contributed by atoms with Crippen LogP contribution >= 0.6 is 23.2 Å². The Morgan fingerprint density at radius 2 is 1.81 bits per heavy atom. The van der Waals surface area contributed by atoms with Gasteiger partial charge in [0.1, 0.15) is 0 Å². The molecule has 0 atom stereocenters. The standard InChI is InChI=1S/C17H12Cl2N2O4S/c1-26(24,25)12-4-2-10(3-5-12)15(22)8-21-9-20-16-13(17(21)23)6-11(18)7-14(16)19/h2-7,9H,8H2,1H3. The van der Waals surface area contributed by atoms with E-state index in [1.54, 1.807) is 0 Å². The minimum Gasteiger partial charge on any atom is -0.292 e. The fourth-order valence-corrected chi connectivity index (χ4v) is 3.61. The van der Waals surface area contributed by atoms with Crippen LogP contribution in [0, 0.1) is 0 Å². The lowest BCUT2D eigenvalue weighted by atomic mass is 10.1. The number of ketones is 1. The zero-order valence-electron chi connectivity index (χ0n) is 13.4. The van der Waals surface area contributed by atoms with Gasteiger partial charge in [0, 0.05) is 16.8 Å². The zero-order valence-corrected chi connectivity index (χ0v) is 15.8. The highest BCUT2D eigenvalue weighted by molar-refractivity contribution is 7.90. The maximum atomic E-state index is 12.6. The third-order valence-electron chi connectivity index (χ3n) is 3.76. The summed E-state index contributed by atoms with van der Waals surface area (Å²) in [6.45, 7) is -0.246. The van der Waals surface area contributed by atoms with E-state index in [0.717, 1.165) is 10.8 Å². The molecule has 0 radical (unpaired) electrons. The normalized spacial score (nSPS) is 11.7. The van der Waals surface area contributed by atoms with Crippen LogP contribution in [0.4, 0.5) is 0 Å². The van der Waals surface area contributed by atoms with Crippen LogP contribution in [0.3, 0.4) is 0 Å². The van der Waals surface area contributed by atoms with Gasteiger partial charge >= 0.3 is 0 Å². The maximum absolute atomic E-state index is 12.6. The largest absolute Gasteiger partial charge is 0.292 e. The number of hydrogen-bond donors (Lipinski definition) is 0. The van der Waals surface area contributed by atoms with Crippen molar-refractivity contribution in [2.24, 2.45) is 0 Å². The second kappa shape index (κ2) is 6.83. The van der Waals surface area contributed by atoms with Crippen molar-refractivity contribution in [3.8, 4) is 0 Å². The molecule has 1 heterocycles. The molecule has 3 aromatic rings. The van der Waals surface area contributed by atoms with Crippen LogP contribution in [0.1, 0.15) is 10.4 Å². The van der Waals surface area contributed by atoms with E-state index in [1.807, 2.05) is 0 Å². The molecule has 2 aromatic carbocycles.